The van der Waals surface area contributed by atoms with E-state index in [9.17, 15) is 13.2 Å². The lowest BCUT2D eigenvalue weighted by Gasteiger charge is -2.56. The van der Waals surface area contributed by atoms with E-state index < -0.39 is 10.2 Å². The molecule has 0 aromatic carbocycles. The number of fused-ring (bicyclic) bond motifs is 4. The highest BCUT2D eigenvalue weighted by atomic mass is 32.2. The number of aromatic nitrogens is 1. The van der Waals surface area contributed by atoms with Crippen molar-refractivity contribution in [1.82, 2.24) is 24.0 Å². The van der Waals surface area contributed by atoms with E-state index in [1.807, 2.05) is 0 Å². The summed E-state index contributed by atoms with van der Waals surface area (Å²) in [6.45, 7) is 1.64. The third-order valence-electron chi connectivity index (χ3n) is 7.58. The van der Waals surface area contributed by atoms with E-state index in [-0.39, 0.29) is 36.1 Å². The lowest BCUT2D eigenvalue weighted by molar-refractivity contribution is -0.00214. The zero-order chi connectivity index (χ0) is 20.6. The minimum Gasteiger partial charge on any atom is -0.360 e. The molecule has 0 spiro atoms. The molecule has 5 atom stereocenters. The van der Waals surface area contributed by atoms with Crippen LogP contribution in [0.4, 0.5) is 0 Å². The van der Waals surface area contributed by atoms with Crippen molar-refractivity contribution in [3.05, 3.63) is 17.5 Å². The van der Waals surface area contributed by atoms with Gasteiger partial charge in [0, 0.05) is 55.3 Å². The SMILES string of the molecule is CN1CC2CC(C1)N2S(=O)(=O)N1[C@@H]2CC[C@H]1CC(NC(=O)c1cc(C3CC3)on1)C2. The number of carbonyl (C=O) groups excluding carboxylic acids is 1. The monoisotopic (exact) mass is 435 g/mol. The second-order valence-electron chi connectivity index (χ2n) is 9.85. The van der Waals surface area contributed by atoms with Crippen LogP contribution in [0.25, 0.3) is 0 Å². The summed E-state index contributed by atoms with van der Waals surface area (Å²) in [5.41, 5.74) is 0.330. The van der Waals surface area contributed by atoms with Gasteiger partial charge in [-0.05, 0) is 52.0 Å². The number of piperidine rings is 2. The van der Waals surface area contributed by atoms with E-state index in [2.05, 4.69) is 22.4 Å². The molecule has 0 radical (unpaired) electrons. The van der Waals surface area contributed by atoms with Gasteiger partial charge in [-0.15, -0.1) is 0 Å². The Kier molecular flexibility index (Phi) is 4.32. The molecule has 9 nitrogen and oxygen atoms in total. The van der Waals surface area contributed by atoms with Gasteiger partial charge in [0.15, 0.2) is 5.69 Å². The molecule has 10 heteroatoms. The van der Waals surface area contributed by atoms with Gasteiger partial charge in [0.1, 0.15) is 5.76 Å². The van der Waals surface area contributed by atoms with Gasteiger partial charge in [0.05, 0.1) is 0 Å². The van der Waals surface area contributed by atoms with E-state index >= 15 is 0 Å². The summed E-state index contributed by atoms with van der Waals surface area (Å²) in [7, 11) is -1.39. The molecule has 5 saturated heterocycles. The lowest BCUT2D eigenvalue weighted by Crippen LogP contribution is -2.72. The van der Waals surface area contributed by atoms with Crippen LogP contribution in [0, 0.1) is 0 Å². The molecule has 1 aromatic rings. The predicted molar refractivity (Wildman–Crippen MR) is 108 cm³/mol. The Balaban J connectivity index is 1.13. The fourth-order valence-electron chi connectivity index (χ4n) is 6.12. The van der Waals surface area contributed by atoms with Gasteiger partial charge in [-0.1, -0.05) is 5.16 Å². The Labute approximate surface area is 176 Å². The van der Waals surface area contributed by atoms with Gasteiger partial charge in [-0.25, -0.2) is 0 Å². The number of rotatable bonds is 5. The van der Waals surface area contributed by atoms with Crippen molar-refractivity contribution < 1.29 is 17.7 Å². The molecule has 3 unspecified atom stereocenters. The minimum absolute atomic E-state index is 0.0236. The number of likely N-dealkylation sites (N-methyl/N-ethyl adjacent to an activating group) is 1. The first-order valence-corrected chi connectivity index (χ1v) is 12.6. The van der Waals surface area contributed by atoms with Crippen molar-refractivity contribution in [1.29, 1.82) is 0 Å². The first kappa shape index (κ1) is 19.2. The van der Waals surface area contributed by atoms with Crippen LogP contribution < -0.4 is 5.32 Å². The Morgan fingerprint density at radius 3 is 2.30 bits per heavy atom. The van der Waals surface area contributed by atoms with Crippen molar-refractivity contribution >= 4 is 16.1 Å². The molecule has 30 heavy (non-hydrogen) atoms. The fourth-order valence-corrected chi connectivity index (χ4v) is 8.53. The molecule has 1 aliphatic carbocycles. The predicted octanol–water partition coefficient (Wildman–Crippen LogP) is 0.910. The number of hydrogen-bond donors (Lipinski definition) is 1. The topological polar surface area (TPSA) is 99.0 Å². The minimum atomic E-state index is -3.45. The average molecular weight is 436 g/mol. The molecule has 1 N–H and O–H groups in total. The standard InChI is InChI=1S/C20H29N5O4S/c1-23-10-16-8-17(11-23)25(16)30(27,28)24-14-4-5-15(24)7-13(6-14)21-20(26)18-9-19(29-22-18)12-2-3-12/h9,12-17H,2-8,10-11H2,1H3,(H,21,26)/t13?,14-,15+,16?,17?. The van der Waals surface area contributed by atoms with Crippen LogP contribution in [-0.4, -0.2) is 83.3 Å². The zero-order valence-electron chi connectivity index (χ0n) is 17.2. The summed E-state index contributed by atoms with van der Waals surface area (Å²) in [5, 5.41) is 7.01. The molecule has 4 bridgehead atoms. The first-order chi connectivity index (χ1) is 14.4. The number of carbonyl (C=O) groups is 1. The third kappa shape index (κ3) is 3.03. The van der Waals surface area contributed by atoms with Crippen LogP contribution in [0.15, 0.2) is 10.6 Å². The largest absolute Gasteiger partial charge is 0.360 e. The van der Waals surface area contributed by atoms with E-state index in [1.54, 1.807) is 14.7 Å². The molecule has 6 heterocycles. The molecular formula is C20H29N5O4S. The van der Waals surface area contributed by atoms with Crippen molar-refractivity contribution in [2.45, 2.75) is 81.1 Å². The van der Waals surface area contributed by atoms with E-state index in [4.69, 9.17) is 4.52 Å². The van der Waals surface area contributed by atoms with Crippen LogP contribution in [0.1, 0.15) is 67.1 Å². The van der Waals surface area contributed by atoms with E-state index in [0.717, 1.165) is 51.0 Å². The smallest absolute Gasteiger partial charge is 0.283 e. The van der Waals surface area contributed by atoms with Gasteiger partial charge < -0.3 is 14.7 Å². The molecule has 5 aliphatic heterocycles. The highest BCUT2D eigenvalue weighted by molar-refractivity contribution is 7.86. The van der Waals surface area contributed by atoms with Crippen LogP contribution in [0.5, 0.6) is 0 Å². The maximum Gasteiger partial charge on any atom is 0.283 e. The molecular weight excluding hydrogens is 406 g/mol. The van der Waals surface area contributed by atoms with Gasteiger partial charge in [-0.2, -0.15) is 17.0 Å². The van der Waals surface area contributed by atoms with Crippen LogP contribution >= 0.6 is 0 Å². The lowest BCUT2D eigenvalue weighted by atomic mass is 9.92. The highest BCUT2D eigenvalue weighted by Crippen LogP contribution is 2.43. The second-order valence-corrected chi connectivity index (χ2v) is 11.6. The van der Waals surface area contributed by atoms with E-state index in [1.165, 1.54) is 0 Å². The molecule has 6 fully saturated rings. The molecule has 1 aromatic heterocycles. The van der Waals surface area contributed by atoms with Crippen LogP contribution in [-0.2, 0) is 10.2 Å². The van der Waals surface area contributed by atoms with Gasteiger partial charge >= 0.3 is 0 Å². The van der Waals surface area contributed by atoms with Crippen LogP contribution in [0.3, 0.4) is 0 Å². The summed E-state index contributed by atoms with van der Waals surface area (Å²) in [5.74, 6) is 1.00. The number of nitrogens with zero attached hydrogens (tertiary/aromatic N) is 4. The third-order valence-corrected chi connectivity index (χ3v) is 9.84. The number of amides is 1. The molecule has 7 rings (SSSR count). The number of nitrogens with one attached hydrogen (secondary N) is 1. The summed E-state index contributed by atoms with van der Waals surface area (Å²) >= 11 is 0. The Morgan fingerprint density at radius 2 is 1.67 bits per heavy atom. The Morgan fingerprint density at radius 1 is 1.03 bits per heavy atom. The van der Waals surface area contributed by atoms with Gasteiger partial charge in [0.25, 0.3) is 16.1 Å². The van der Waals surface area contributed by atoms with Gasteiger partial charge in [0.2, 0.25) is 0 Å². The summed E-state index contributed by atoms with van der Waals surface area (Å²) in [6.07, 6.45) is 6.25. The fraction of sp³-hybridized carbons (Fsp3) is 0.800. The summed E-state index contributed by atoms with van der Waals surface area (Å²) < 4.78 is 35.8. The maximum atomic E-state index is 13.5. The first-order valence-electron chi connectivity index (χ1n) is 11.2. The summed E-state index contributed by atoms with van der Waals surface area (Å²) in [6, 6.07) is 1.90. The Hall–Kier alpha value is -1.49. The van der Waals surface area contributed by atoms with Crippen molar-refractivity contribution in [2.24, 2.45) is 0 Å². The normalized spacial score (nSPS) is 37.2. The second kappa shape index (κ2) is 6.75. The van der Waals surface area contributed by atoms with Crippen LogP contribution in [0.2, 0.25) is 0 Å². The number of piperazine rings is 1. The van der Waals surface area contributed by atoms with Crippen molar-refractivity contribution in [2.75, 3.05) is 20.1 Å². The highest BCUT2D eigenvalue weighted by Gasteiger charge is 2.56. The Bertz CT molecular complexity index is 934. The quantitative estimate of drug-likeness (QED) is 0.738. The number of hydrogen-bond acceptors (Lipinski definition) is 6. The molecule has 1 saturated carbocycles. The molecule has 6 aliphatic rings. The molecule has 164 valence electrons. The van der Waals surface area contributed by atoms with Gasteiger partial charge in [-0.3, -0.25) is 4.79 Å². The van der Waals surface area contributed by atoms with Crippen molar-refractivity contribution in [3.63, 3.8) is 0 Å². The van der Waals surface area contributed by atoms with Crippen molar-refractivity contribution in [3.8, 4) is 0 Å². The van der Waals surface area contributed by atoms with E-state index in [0.29, 0.717) is 24.5 Å². The average Bonchev–Trinajstić information content (AvgIpc) is 3.33. The molecule has 1 amide bonds. The maximum absolute atomic E-state index is 13.5. The zero-order valence-corrected chi connectivity index (χ0v) is 18.1. The summed E-state index contributed by atoms with van der Waals surface area (Å²) in [4.78, 5) is 14.9.